The highest BCUT2D eigenvalue weighted by molar-refractivity contribution is 9.10. The summed E-state index contributed by atoms with van der Waals surface area (Å²) in [6.07, 6.45) is 2.51. The molecule has 3 nitrogen and oxygen atoms in total. The molecule has 0 spiro atoms. The largest absolute Gasteiger partial charge is 0.460 e. The molecule has 1 heterocycles. The molecule has 0 unspecified atom stereocenters. The molecule has 2 aromatic rings. The monoisotopic (exact) mass is 430 g/mol. The number of hydrogen-bond donors (Lipinski definition) is 0. The van der Waals surface area contributed by atoms with E-state index in [1.165, 1.54) is 0 Å². The zero-order valence-corrected chi connectivity index (χ0v) is 17.0. The molecule has 0 bridgehead atoms. The average molecular weight is 431 g/mol. The minimum absolute atomic E-state index is 0.258. The summed E-state index contributed by atoms with van der Waals surface area (Å²) in [6, 6.07) is 17.6. The third-order valence-corrected chi connectivity index (χ3v) is 5.43. The maximum atomic E-state index is 12.5. The summed E-state index contributed by atoms with van der Waals surface area (Å²) in [4.78, 5) is 13.6. The first-order chi connectivity index (χ1) is 12.6. The Morgan fingerprint density at radius 2 is 1.85 bits per heavy atom. The lowest BCUT2D eigenvalue weighted by molar-refractivity contribution is -0.140. The van der Waals surface area contributed by atoms with Gasteiger partial charge in [0.2, 0.25) is 0 Å². The third kappa shape index (κ3) is 4.40. The predicted molar refractivity (Wildman–Crippen MR) is 109 cm³/mol. The van der Waals surface area contributed by atoms with E-state index in [2.05, 4.69) is 15.9 Å². The van der Waals surface area contributed by atoms with E-state index in [0.29, 0.717) is 17.8 Å². The molecule has 0 radical (unpaired) electrons. The minimum Gasteiger partial charge on any atom is -0.460 e. The lowest BCUT2D eigenvalue weighted by Gasteiger charge is -2.23. The van der Waals surface area contributed by atoms with Crippen LogP contribution in [0.25, 0.3) is 5.76 Å². The summed E-state index contributed by atoms with van der Waals surface area (Å²) in [5.74, 6) is 1.08. The zero-order chi connectivity index (χ0) is 18.5. The summed E-state index contributed by atoms with van der Waals surface area (Å²) < 4.78 is 12.5. The van der Waals surface area contributed by atoms with Gasteiger partial charge in [0.25, 0.3) is 0 Å². The van der Waals surface area contributed by atoms with Gasteiger partial charge in [0.1, 0.15) is 18.1 Å². The Kier molecular flexibility index (Phi) is 6.22. The maximum Gasteiger partial charge on any atom is 0.338 e. The molecule has 1 aliphatic heterocycles. The Labute approximate surface area is 166 Å². The van der Waals surface area contributed by atoms with Gasteiger partial charge in [-0.05, 0) is 30.9 Å². The molecule has 0 N–H and O–H groups in total. The van der Waals surface area contributed by atoms with Gasteiger partial charge in [0.15, 0.2) is 0 Å². The molecule has 0 saturated carbocycles. The fourth-order valence-corrected chi connectivity index (χ4v) is 3.55. The second-order valence-electron chi connectivity index (χ2n) is 5.84. The summed E-state index contributed by atoms with van der Waals surface area (Å²) >= 11 is 5.04. The van der Waals surface area contributed by atoms with Crippen molar-refractivity contribution in [1.82, 2.24) is 0 Å². The number of hydrogen-bond acceptors (Lipinski definition) is 4. The van der Waals surface area contributed by atoms with Gasteiger partial charge in [0.05, 0.1) is 5.57 Å². The second-order valence-corrected chi connectivity index (χ2v) is 7.66. The van der Waals surface area contributed by atoms with Crippen LogP contribution in [0.5, 0.6) is 0 Å². The molecule has 0 amide bonds. The van der Waals surface area contributed by atoms with Gasteiger partial charge in [-0.1, -0.05) is 58.4 Å². The fourth-order valence-electron chi connectivity index (χ4n) is 2.65. The molecule has 2 aromatic carbocycles. The number of halogens is 1. The van der Waals surface area contributed by atoms with E-state index in [9.17, 15) is 4.79 Å². The van der Waals surface area contributed by atoms with Gasteiger partial charge >= 0.3 is 5.97 Å². The number of rotatable bonds is 5. The first kappa shape index (κ1) is 18.8. The van der Waals surface area contributed by atoms with Crippen LogP contribution in [0.4, 0.5) is 0 Å². The second kappa shape index (κ2) is 8.60. The number of benzene rings is 2. The highest BCUT2D eigenvalue weighted by atomic mass is 79.9. The van der Waals surface area contributed by atoms with Gasteiger partial charge < -0.3 is 9.47 Å². The van der Waals surface area contributed by atoms with E-state index < -0.39 is 0 Å². The van der Waals surface area contributed by atoms with Crippen molar-refractivity contribution in [3.63, 3.8) is 0 Å². The van der Waals surface area contributed by atoms with Crippen molar-refractivity contribution in [3.8, 4) is 0 Å². The Morgan fingerprint density at radius 3 is 2.50 bits per heavy atom. The van der Waals surface area contributed by atoms with Gasteiger partial charge in [0, 0.05) is 21.4 Å². The smallest absolute Gasteiger partial charge is 0.338 e. The Hall–Kier alpha value is -1.98. The minimum atomic E-state index is -0.326. The predicted octanol–water partition coefficient (Wildman–Crippen LogP) is 5.92. The van der Waals surface area contributed by atoms with Gasteiger partial charge in [-0.15, -0.1) is 11.8 Å². The van der Waals surface area contributed by atoms with Gasteiger partial charge in [-0.2, -0.15) is 0 Å². The molecule has 1 aliphatic rings. The van der Waals surface area contributed by atoms with Gasteiger partial charge in [-0.3, -0.25) is 0 Å². The van der Waals surface area contributed by atoms with E-state index in [1.807, 2.05) is 67.8 Å². The lowest BCUT2D eigenvalue weighted by atomic mass is 10.1. The van der Waals surface area contributed by atoms with Crippen LogP contribution in [0.3, 0.4) is 0 Å². The lowest BCUT2D eigenvalue weighted by Crippen LogP contribution is -2.15. The van der Waals surface area contributed by atoms with Crippen LogP contribution in [0.2, 0.25) is 0 Å². The van der Waals surface area contributed by atoms with E-state index in [1.54, 1.807) is 11.8 Å². The van der Waals surface area contributed by atoms with Crippen LogP contribution in [-0.4, -0.2) is 12.2 Å². The van der Waals surface area contributed by atoms with Crippen LogP contribution in [0.15, 0.2) is 75.3 Å². The molecular formula is C21H19BrO3S. The molecule has 0 fully saturated rings. The summed E-state index contributed by atoms with van der Waals surface area (Å²) in [5, 5.41) is 0. The van der Waals surface area contributed by atoms with E-state index >= 15 is 0 Å². The van der Waals surface area contributed by atoms with Crippen molar-refractivity contribution in [3.05, 3.63) is 86.4 Å². The van der Waals surface area contributed by atoms with Crippen molar-refractivity contribution in [2.75, 3.05) is 6.26 Å². The highest BCUT2D eigenvalue weighted by Crippen LogP contribution is 2.38. The van der Waals surface area contributed by atoms with Crippen molar-refractivity contribution in [2.45, 2.75) is 20.0 Å². The van der Waals surface area contributed by atoms with Gasteiger partial charge in [-0.25, -0.2) is 4.79 Å². The van der Waals surface area contributed by atoms with Crippen molar-refractivity contribution < 1.29 is 14.3 Å². The number of thioether (sulfide) groups is 1. The summed E-state index contributed by atoms with van der Waals surface area (Å²) in [6.45, 7) is 2.07. The molecule has 3 rings (SSSR count). The summed E-state index contributed by atoms with van der Waals surface area (Å²) in [7, 11) is 0. The standard InChI is InChI=1S/C21H19BrO3S/c1-14-18(21(23)24-13-15-6-4-3-5-7-15)12-19(26-2)20(25-14)16-8-10-17(22)11-9-16/h3-11H,12-13H2,1-2H3. The quantitative estimate of drug-likeness (QED) is 0.551. The number of ether oxygens (including phenoxy) is 2. The number of carbonyl (C=O) groups excluding carboxylic acids is 1. The van der Waals surface area contributed by atoms with E-state index in [4.69, 9.17) is 9.47 Å². The van der Waals surface area contributed by atoms with Crippen molar-refractivity contribution >= 4 is 39.4 Å². The van der Waals surface area contributed by atoms with E-state index in [-0.39, 0.29) is 12.6 Å². The Morgan fingerprint density at radius 1 is 1.15 bits per heavy atom. The molecule has 0 atom stereocenters. The van der Waals surface area contributed by atoms with Crippen LogP contribution in [0.1, 0.15) is 24.5 Å². The van der Waals surface area contributed by atoms with Crippen LogP contribution in [0, 0.1) is 0 Å². The first-order valence-electron chi connectivity index (χ1n) is 8.20. The van der Waals surface area contributed by atoms with Crippen LogP contribution < -0.4 is 0 Å². The van der Waals surface area contributed by atoms with Crippen molar-refractivity contribution in [1.29, 1.82) is 0 Å². The molecule has 0 aromatic heterocycles. The maximum absolute atomic E-state index is 12.5. The average Bonchev–Trinajstić information content (AvgIpc) is 2.67. The van der Waals surface area contributed by atoms with Crippen LogP contribution in [-0.2, 0) is 20.9 Å². The van der Waals surface area contributed by atoms with Crippen molar-refractivity contribution in [2.24, 2.45) is 0 Å². The number of allylic oxidation sites excluding steroid dienone is 2. The SMILES string of the molecule is CSC1=C(c2ccc(Br)cc2)OC(C)=C(C(=O)OCc2ccccc2)C1. The summed E-state index contributed by atoms with van der Waals surface area (Å²) in [5.41, 5.74) is 2.53. The third-order valence-electron chi connectivity index (χ3n) is 4.08. The molecule has 0 aliphatic carbocycles. The Balaban J connectivity index is 1.75. The Bertz CT molecular complexity index is 855. The van der Waals surface area contributed by atoms with Crippen LogP contribution >= 0.6 is 27.7 Å². The molecule has 134 valence electrons. The fraction of sp³-hybridized carbons (Fsp3) is 0.190. The zero-order valence-electron chi connectivity index (χ0n) is 14.6. The molecule has 0 saturated heterocycles. The highest BCUT2D eigenvalue weighted by Gasteiger charge is 2.26. The normalized spacial score (nSPS) is 14.3. The number of esters is 1. The first-order valence-corrected chi connectivity index (χ1v) is 10.2. The molecule has 5 heteroatoms. The number of carbonyl (C=O) groups is 1. The molecule has 26 heavy (non-hydrogen) atoms. The molecular weight excluding hydrogens is 412 g/mol. The topological polar surface area (TPSA) is 35.5 Å². The van der Waals surface area contributed by atoms with E-state index in [0.717, 1.165) is 26.3 Å².